The number of aliphatic hydroxyl groups is 1. The first-order chi connectivity index (χ1) is 8.97. The quantitative estimate of drug-likeness (QED) is 0.889. The number of nitrogens with zero attached hydrogens (tertiary/aromatic N) is 2. The van der Waals surface area contributed by atoms with Crippen LogP contribution in [0.4, 0.5) is 19.0 Å². The molecule has 2 N–H and O–H groups in total. The molecule has 1 heterocycles. The molecular weight excluding hydrogens is 259 g/mol. The normalized spacial score (nSPS) is 24.2. The lowest BCUT2D eigenvalue weighted by molar-refractivity contribution is -0.141. The number of alkyl halides is 3. The molecule has 1 aliphatic carbocycles. The highest BCUT2D eigenvalue weighted by atomic mass is 19.4. The molecule has 1 saturated carbocycles. The van der Waals surface area contributed by atoms with Gasteiger partial charge in [0.25, 0.3) is 0 Å². The minimum absolute atomic E-state index is 0.123. The molecule has 2 unspecified atom stereocenters. The number of aliphatic hydroxyl groups excluding tert-OH is 1. The summed E-state index contributed by atoms with van der Waals surface area (Å²) in [4.78, 5) is 0. The molecule has 0 aromatic carbocycles. The number of halogens is 3. The fourth-order valence-corrected chi connectivity index (χ4v) is 2.24. The minimum atomic E-state index is -4.47. The molecule has 1 aliphatic rings. The summed E-state index contributed by atoms with van der Waals surface area (Å²) in [5, 5.41) is 19.3. The molecular formula is C12H16F3N3O. The van der Waals surface area contributed by atoms with Crippen molar-refractivity contribution in [1.29, 1.82) is 0 Å². The van der Waals surface area contributed by atoms with E-state index in [1.54, 1.807) is 0 Å². The summed E-state index contributed by atoms with van der Waals surface area (Å²) < 4.78 is 36.9. The molecule has 1 aromatic rings. The lowest BCUT2D eigenvalue weighted by Gasteiger charge is -2.27. The third-order valence-electron chi connectivity index (χ3n) is 3.37. The van der Waals surface area contributed by atoms with Crippen molar-refractivity contribution in [2.24, 2.45) is 5.92 Å². The van der Waals surface area contributed by atoms with Crippen molar-refractivity contribution < 1.29 is 18.3 Å². The van der Waals surface area contributed by atoms with Gasteiger partial charge in [-0.1, -0.05) is 12.8 Å². The van der Waals surface area contributed by atoms with Crippen molar-refractivity contribution in [3.05, 3.63) is 17.8 Å². The average Bonchev–Trinajstić information content (AvgIpc) is 2.37. The van der Waals surface area contributed by atoms with Crippen LogP contribution in [-0.4, -0.2) is 28.0 Å². The van der Waals surface area contributed by atoms with Crippen LogP contribution in [0.2, 0.25) is 0 Å². The van der Waals surface area contributed by atoms with Gasteiger partial charge in [0.05, 0.1) is 6.10 Å². The second kappa shape index (κ2) is 5.73. The highest BCUT2D eigenvalue weighted by molar-refractivity contribution is 5.33. The topological polar surface area (TPSA) is 58.0 Å². The lowest BCUT2D eigenvalue weighted by Crippen LogP contribution is -2.30. The van der Waals surface area contributed by atoms with Gasteiger partial charge in [-0.2, -0.15) is 13.2 Å². The third-order valence-corrected chi connectivity index (χ3v) is 3.37. The van der Waals surface area contributed by atoms with Crippen molar-refractivity contribution in [2.45, 2.75) is 38.0 Å². The van der Waals surface area contributed by atoms with E-state index in [2.05, 4.69) is 15.5 Å². The molecule has 2 rings (SSSR count). The second-order valence-corrected chi connectivity index (χ2v) is 4.79. The van der Waals surface area contributed by atoms with Gasteiger partial charge in [-0.05, 0) is 25.0 Å². The average molecular weight is 275 g/mol. The van der Waals surface area contributed by atoms with Crippen LogP contribution in [-0.2, 0) is 6.18 Å². The van der Waals surface area contributed by atoms with E-state index in [9.17, 15) is 18.3 Å². The number of nitrogens with one attached hydrogen (secondary N) is 1. The zero-order valence-electron chi connectivity index (χ0n) is 10.3. The van der Waals surface area contributed by atoms with Crippen molar-refractivity contribution >= 4 is 5.82 Å². The Kier molecular flexibility index (Phi) is 4.24. The first-order valence-corrected chi connectivity index (χ1v) is 6.29. The fourth-order valence-electron chi connectivity index (χ4n) is 2.24. The molecule has 1 aromatic heterocycles. The Hall–Kier alpha value is -1.37. The Balaban J connectivity index is 1.89. The lowest BCUT2D eigenvalue weighted by atomic mass is 9.86. The van der Waals surface area contributed by atoms with Crippen LogP contribution < -0.4 is 5.32 Å². The standard InChI is InChI=1S/C12H16F3N3O/c13-12(14,15)10-5-6-11(18-17-10)16-7-8-3-1-2-4-9(8)19/h5-6,8-9,19H,1-4,7H2,(H,16,18). The molecule has 1 fully saturated rings. The maximum absolute atomic E-state index is 12.3. The fraction of sp³-hybridized carbons (Fsp3) is 0.667. The first-order valence-electron chi connectivity index (χ1n) is 6.29. The molecule has 106 valence electrons. The maximum atomic E-state index is 12.3. The summed E-state index contributed by atoms with van der Waals surface area (Å²) in [6.07, 6.45) is -1.01. The zero-order valence-corrected chi connectivity index (χ0v) is 10.3. The van der Waals surface area contributed by atoms with E-state index in [0.29, 0.717) is 12.4 Å². The van der Waals surface area contributed by atoms with E-state index in [4.69, 9.17) is 0 Å². The molecule has 19 heavy (non-hydrogen) atoms. The van der Waals surface area contributed by atoms with Crippen LogP contribution in [0.5, 0.6) is 0 Å². The highest BCUT2D eigenvalue weighted by Gasteiger charge is 2.32. The summed E-state index contributed by atoms with van der Waals surface area (Å²) in [5.41, 5.74) is -1.00. The van der Waals surface area contributed by atoms with Crippen molar-refractivity contribution in [3.63, 3.8) is 0 Å². The molecule has 2 atom stereocenters. The highest BCUT2D eigenvalue weighted by Crippen LogP contribution is 2.27. The van der Waals surface area contributed by atoms with Gasteiger partial charge < -0.3 is 10.4 Å². The Morgan fingerprint density at radius 1 is 1.21 bits per heavy atom. The summed E-state index contributed by atoms with van der Waals surface area (Å²) >= 11 is 0. The Bertz CT molecular complexity index is 408. The van der Waals surface area contributed by atoms with Gasteiger partial charge in [0.1, 0.15) is 5.82 Å². The van der Waals surface area contributed by atoms with Gasteiger partial charge in [0.2, 0.25) is 0 Å². The van der Waals surface area contributed by atoms with Crippen LogP contribution in [0, 0.1) is 5.92 Å². The van der Waals surface area contributed by atoms with Gasteiger partial charge >= 0.3 is 6.18 Å². The molecule has 0 radical (unpaired) electrons. The second-order valence-electron chi connectivity index (χ2n) is 4.79. The molecule has 0 amide bonds. The molecule has 0 saturated heterocycles. The van der Waals surface area contributed by atoms with Crippen LogP contribution in [0.1, 0.15) is 31.4 Å². The molecule has 0 spiro atoms. The van der Waals surface area contributed by atoms with Crippen molar-refractivity contribution in [3.8, 4) is 0 Å². The number of rotatable bonds is 3. The summed E-state index contributed by atoms with van der Waals surface area (Å²) in [6, 6.07) is 2.15. The van der Waals surface area contributed by atoms with Gasteiger partial charge in [0.15, 0.2) is 5.69 Å². The SMILES string of the molecule is OC1CCCCC1CNc1ccc(C(F)(F)F)nn1. The van der Waals surface area contributed by atoms with Crippen molar-refractivity contribution in [1.82, 2.24) is 10.2 Å². The van der Waals surface area contributed by atoms with E-state index < -0.39 is 11.9 Å². The van der Waals surface area contributed by atoms with E-state index in [1.807, 2.05) is 0 Å². The molecule has 0 bridgehead atoms. The maximum Gasteiger partial charge on any atom is 0.435 e. The number of hydrogen-bond acceptors (Lipinski definition) is 4. The van der Waals surface area contributed by atoms with Gasteiger partial charge in [-0.3, -0.25) is 0 Å². The Morgan fingerprint density at radius 3 is 2.53 bits per heavy atom. The predicted molar refractivity (Wildman–Crippen MR) is 63.5 cm³/mol. The van der Waals surface area contributed by atoms with Gasteiger partial charge in [-0.15, -0.1) is 10.2 Å². The van der Waals surface area contributed by atoms with E-state index >= 15 is 0 Å². The molecule has 7 heteroatoms. The number of anilines is 1. The third kappa shape index (κ3) is 3.79. The summed E-state index contributed by atoms with van der Waals surface area (Å²) in [6.45, 7) is 0.501. The van der Waals surface area contributed by atoms with Crippen LogP contribution >= 0.6 is 0 Å². The van der Waals surface area contributed by atoms with Crippen molar-refractivity contribution in [2.75, 3.05) is 11.9 Å². The van der Waals surface area contributed by atoms with Crippen LogP contribution in [0.3, 0.4) is 0 Å². The predicted octanol–water partition coefficient (Wildman–Crippen LogP) is 2.46. The summed E-state index contributed by atoms with van der Waals surface area (Å²) in [7, 11) is 0. The number of hydrogen-bond donors (Lipinski definition) is 2. The smallest absolute Gasteiger partial charge is 0.393 e. The molecule has 0 aliphatic heterocycles. The van der Waals surface area contributed by atoms with Crippen LogP contribution in [0.15, 0.2) is 12.1 Å². The summed E-state index contributed by atoms with van der Waals surface area (Å²) in [5.74, 6) is 0.420. The largest absolute Gasteiger partial charge is 0.435 e. The Morgan fingerprint density at radius 2 is 1.95 bits per heavy atom. The van der Waals surface area contributed by atoms with E-state index in [-0.39, 0.29) is 12.0 Å². The van der Waals surface area contributed by atoms with Gasteiger partial charge in [0, 0.05) is 12.5 Å². The van der Waals surface area contributed by atoms with Gasteiger partial charge in [-0.25, -0.2) is 0 Å². The van der Waals surface area contributed by atoms with E-state index in [0.717, 1.165) is 31.7 Å². The van der Waals surface area contributed by atoms with E-state index in [1.165, 1.54) is 6.07 Å². The number of aromatic nitrogens is 2. The van der Waals surface area contributed by atoms with Crippen LogP contribution in [0.25, 0.3) is 0 Å². The molecule has 4 nitrogen and oxygen atoms in total. The minimum Gasteiger partial charge on any atom is -0.393 e. The Labute approximate surface area is 109 Å². The zero-order chi connectivity index (χ0) is 13.9. The monoisotopic (exact) mass is 275 g/mol. The first kappa shape index (κ1) is 14.0.